The van der Waals surface area contributed by atoms with Crippen molar-refractivity contribution in [2.45, 2.75) is 43.8 Å². The number of nitrogens with zero attached hydrogens (tertiary/aromatic N) is 3. The summed E-state index contributed by atoms with van der Waals surface area (Å²) in [6.07, 6.45) is -1.14. The third kappa shape index (κ3) is 2.82. The van der Waals surface area contributed by atoms with Crippen LogP contribution in [-0.4, -0.2) is 26.5 Å². The molecule has 1 aliphatic rings. The van der Waals surface area contributed by atoms with Gasteiger partial charge in [0.05, 0.1) is 5.92 Å². The molecule has 0 spiro atoms. The van der Waals surface area contributed by atoms with Crippen molar-refractivity contribution in [3.8, 4) is 0 Å². The van der Waals surface area contributed by atoms with Crippen LogP contribution in [0.2, 0.25) is 0 Å². The monoisotopic (exact) mass is 262 g/mol. The summed E-state index contributed by atoms with van der Waals surface area (Å²) >= 11 is 0. The first-order valence-corrected chi connectivity index (χ1v) is 5.99. The molecule has 0 bridgehead atoms. The van der Waals surface area contributed by atoms with Crippen LogP contribution in [0.1, 0.15) is 31.5 Å². The SMILES string of the molecule is Cn1ncnc1CC1(N)CCCC(C(F)(F)F)C1. The lowest BCUT2D eigenvalue weighted by atomic mass is 9.74. The van der Waals surface area contributed by atoms with Gasteiger partial charge in [0.15, 0.2) is 0 Å². The molecule has 1 aliphatic carbocycles. The largest absolute Gasteiger partial charge is 0.391 e. The Bertz CT molecular complexity index is 415. The Kier molecular flexibility index (Phi) is 3.35. The van der Waals surface area contributed by atoms with Gasteiger partial charge in [-0.05, 0) is 19.3 Å². The Morgan fingerprint density at radius 2 is 2.28 bits per heavy atom. The van der Waals surface area contributed by atoms with Gasteiger partial charge in [0.2, 0.25) is 0 Å². The van der Waals surface area contributed by atoms with Crippen LogP contribution in [0.5, 0.6) is 0 Å². The van der Waals surface area contributed by atoms with Crippen molar-refractivity contribution in [3.63, 3.8) is 0 Å². The van der Waals surface area contributed by atoms with E-state index in [0.717, 1.165) is 0 Å². The normalized spacial score (nSPS) is 29.5. The van der Waals surface area contributed by atoms with Crippen LogP contribution in [0.15, 0.2) is 6.33 Å². The maximum atomic E-state index is 12.8. The van der Waals surface area contributed by atoms with Gasteiger partial charge in [-0.2, -0.15) is 18.3 Å². The van der Waals surface area contributed by atoms with Crippen molar-refractivity contribution in [1.29, 1.82) is 0 Å². The summed E-state index contributed by atoms with van der Waals surface area (Å²) in [5, 5.41) is 3.91. The fourth-order valence-electron chi connectivity index (χ4n) is 2.63. The zero-order valence-corrected chi connectivity index (χ0v) is 10.2. The quantitative estimate of drug-likeness (QED) is 0.884. The van der Waals surface area contributed by atoms with Crippen LogP contribution in [-0.2, 0) is 13.5 Å². The molecule has 1 aromatic heterocycles. The van der Waals surface area contributed by atoms with Crippen molar-refractivity contribution in [2.24, 2.45) is 18.7 Å². The van der Waals surface area contributed by atoms with Gasteiger partial charge in [-0.25, -0.2) is 4.98 Å². The third-order valence-corrected chi connectivity index (χ3v) is 3.66. The lowest BCUT2D eigenvalue weighted by molar-refractivity contribution is -0.187. The molecule has 1 saturated carbocycles. The Labute approximate surface area is 103 Å². The number of alkyl halides is 3. The number of rotatable bonds is 2. The average Bonchev–Trinajstić information content (AvgIpc) is 2.62. The van der Waals surface area contributed by atoms with Gasteiger partial charge in [0, 0.05) is 19.0 Å². The molecule has 18 heavy (non-hydrogen) atoms. The van der Waals surface area contributed by atoms with Gasteiger partial charge in [-0.3, -0.25) is 4.68 Å². The van der Waals surface area contributed by atoms with E-state index in [1.807, 2.05) is 0 Å². The summed E-state index contributed by atoms with van der Waals surface area (Å²) < 4.78 is 39.8. The van der Waals surface area contributed by atoms with E-state index in [1.54, 1.807) is 11.7 Å². The molecule has 2 unspecified atom stereocenters. The van der Waals surface area contributed by atoms with Crippen molar-refractivity contribution in [2.75, 3.05) is 0 Å². The van der Waals surface area contributed by atoms with Gasteiger partial charge >= 0.3 is 6.18 Å². The van der Waals surface area contributed by atoms with Crippen LogP contribution >= 0.6 is 0 Å². The van der Waals surface area contributed by atoms with Crippen molar-refractivity contribution in [1.82, 2.24) is 14.8 Å². The standard InChI is InChI=1S/C11H17F3N4/c1-18-9(16-7-17-18)6-10(15)4-2-3-8(5-10)11(12,13)14/h7-8H,2-6,15H2,1H3. The van der Waals surface area contributed by atoms with E-state index in [0.29, 0.717) is 25.1 Å². The molecule has 0 saturated heterocycles. The highest BCUT2D eigenvalue weighted by atomic mass is 19.4. The van der Waals surface area contributed by atoms with Crippen molar-refractivity contribution in [3.05, 3.63) is 12.2 Å². The zero-order valence-electron chi connectivity index (χ0n) is 10.2. The van der Waals surface area contributed by atoms with E-state index in [2.05, 4.69) is 10.1 Å². The predicted octanol–water partition coefficient (Wildman–Crippen LogP) is 1.81. The molecule has 2 N–H and O–H groups in total. The summed E-state index contributed by atoms with van der Waals surface area (Å²) in [6.45, 7) is 0. The molecule has 7 heteroatoms. The maximum absolute atomic E-state index is 12.8. The minimum atomic E-state index is -4.15. The number of hydrogen-bond donors (Lipinski definition) is 1. The average molecular weight is 262 g/mol. The van der Waals surface area contributed by atoms with E-state index in [9.17, 15) is 13.2 Å². The van der Waals surface area contributed by atoms with Gasteiger partial charge in [0.25, 0.3) is 0 Å². The molecule has 0 amide bonds. The molecule has 2 atom stereocenters. The second kappa shape index (κ2) is 4.53. The highest BCUT2D eigenvalue weighted by Gasteiger charge is 2.46. The van der Waals surface area contributed by atoms with Crippen molar-refractivity contribution >= 4 is 0 Å². The van der Waals surface area contributed by atoms with Crippen LogP contribution < -0.4 is 5.73 Å². The first-order chi connectivity index (χ1) is 8.30. The smallest absolute Gasteiger partial charge is 0.325 e. The Morgan fingerprint density at radius 1 is 1.56 bits per heavy atom. The zero-order chi connectivity index (χ0) is 13.4. The van der Waals surface area contributed by atoms with Gasteiger partial charge in [-0.1, -0.05) is 6.42 Å². The van der Waals surface area contributed by atoms with E-state index < -0.39 is 17.6 Å². The summed E-state index contributed by atoms with van der Waals surface area (Å²) in [5.74, 6) is -0.648. The fourth-order valence-corrected chi connectivity index (χ4v) is 2.63. The summed E-state index contributed by atoms with van der Waals surface area (Å²) in [6, 6.07) is 0. The Morgan fingerprint density at radius 3 is 2.83 bits per heavy atom. The molecular formula is C11H17F3N4. The minimum Gasteiger partial charge on any atom is -0.325 e. The van der Waals surface area contributed by atoms with Gasteiger partial charge in [-0.15, -0.1) is 0 Å². The lowest BCUT2D eigenvalue weighted by Crippen LogP contribution is -2.49. The minimum absolute atomic E-state index is 0.0244. The Hall–Kier alpha value is -1.11. The Balaban J connectivity index is 2.09. The molecule has 1 heterocycles. The molecule has 0 aliphatic heterocycles. The van der Waals surface area contributed by atoms with E-state index in [-0.39, 0.29) is 12.8 Å². The summed E-state index contributed by atoms with van der Waals surface area (Å²) in [5.41, 5.74) is 5.30. The van der Waals surface area contributed by atoms with Crippen LogP contribution in [0.3, 0.4) is 0 Å². The van der Waals surface area contributed by atoms with Crippen LogP contribution in [0, 0.1) is 5.92 Å². The lowest BCUT2D eigenvalue weighted by Gasteiger charge is -2.38. The van der Waals surface area contributed by atoms with Crippen molar-refractivity contribution < 1.29 is 13.2 Å². The first kappa shape index (κ1) is 13.3. The van der Waals surface area contributed by atoms with E-state index in [1.165, 1.54) is 6.33 Å². The third-order valence-electron chi connectivity index (χ3n) is 3.66. The number of nitrogens with two attached hydrogens (primary N) is 1. The molecular weight excluding hydrogens is 245 g/mol. The fraction of sp³-hybridized carbons (Fsp3) is 0.818. The summed E-state index contributed by atoms with van der Waals surface area (Å²) in [4.78, 5) is 4.03. The molecule has 102 valence electrons. The van der Waals surface area contributed by atoms with Gasteiger partial charge in [0.1, 0.15) is 12.2 Å². The molecule has 0 radical (unpaired) electrons. The molecule has 1 aromatic rings. The molecule has 2 rings (SSSR count). The van der Waals surface area contributed by atoms with Crippen LogP contribution in [0.4, 0.5) is 13.2 Å². The number of hydrogen-bond acceptors (Lipinski definition) is 3. The molecule has 1 fully saturated rings. The molecule has 0 aromatic carbocycles. The second-order valence-corrected chi connectivity index (χ2v) is 5.17. The highest BCUT2D eigenvalue weighted by molar-refractivity contribution is 5.01. The highest BCUT2D eigenvalue weighted by Crippen LogP contribution is 2.41. The maximum Gasteiger partial charge on any atom is 0.391 e. The van der Waals surface area contributed by atoms with E-state index >= 15 is 0 Å². The van der Waals surface area contributed by atoms with E-state index in [4.69, 9.17) is 5.73 Å². The first-order valence-electron chi connectivity index (χ1n) is 5.99. The number of aryl methyl sites for hydroxylation is 1. The number of aromatic nitrogens is 3. The summed E-state index contributed by atoms with van der Waals surface area (Å²) in [7, 11) is 1.72. The topological polar surface area (TPSA) is 56.7 Å². The second-order valence-electron chi connectivity index (χ2n) is 5.17. The van der Waals surface area contributed by atoms with Crippen LogP contribution in [0.25, 0.3) is 0 Å². The predicted molar refractivity (Wildman–Crippen MR) is 59.6 cm³/mol. The van der Waals surface area contributed by atoms with Gasteiger partial charge < -0.3 is 5.73 Å². The number of halogens is 3. The molecule has 4 nitrogen and oxygen atoms in total.